The molecule has 0 aliphatic heterocycles. The van der Waals surface area contributed by atoms with E-state index in [1.165, 1.54) is 11.3 Å². The van der Waals surface area contributed by atoms with E-state index in [0.29, 0.717) is 28.8 Å². The number of H-pyrrole nitrogens is 1. The Hall–Kier alpha value is -3.36. The van der Waals surface area contributed by atoms with Crippen LogP contribution in [0.5, 0.6) is 0 Å². The monoisotopic (exact) mass is 439 g/mol. The van der Waals surface area contributed by atoms with E-state index < -0.39 is 6.03 Å². The second kappa shape index (κ2) is 8.98. The maximum absolute atomic E-state index is 12.3. The Labute approximate surface area is 181 Å². The molecule has 4 N–H and O–H groups in total. The number of carbonyl (C=O) groups excluding carboxylic acids is 2. The number of benzene rings is 2. The Morgan fingerprint density at radius 3 is 2.83 bits per heavy atom. The van der Waals surface area contributed by atoms with Gasteiger partial charge in [-0.3, -0.25) is 10.1 Å². The number of aromatic nitrogens is 2. The van der Waals surface area contributed by atoms with E-state index in [4.69, 9.17) is 11.6 Å². The number of aromatic amines is 1. The van der Waals surface area contributed by atoms with Gasteiger partial charge in [-0.1, -0.05) is 35.9 Å². The first-order valence-electron chi connectivity index (χ1n) is 9.21. The number of anilines is 2. The first-order chi connectivity index (χ1) is 14.6. The van der Waals surface area contributed by atoms with Gasteiger partial charge in [-0.25, -0.2) is 9.78 Å². The van der Waals surface area contributed by atoms with Crippen molar-refractivity contribution in [3.05, 3.63) is 76.4 Å². The van der Waals surface area contributed by atoms with Crippen molar-refractivity contribution in [3.63, 3.8) is 0 Å². The highest BCUT2D eigenvalue weighted by Crippen LogP contribution is 2.19. The minimum Gasteiger partial charge on any atom is -0.361 e. The highest BCUT2D eigenvalue weighted by Gasteiger charge is 2.13. The molecule has 0 fully saturated rings. The fourth-order valence-corrected chi connectivity index (χ4v) is 3.88. The van der Waals surface area contributed by atoms with Crippen LogP contribution in [0.15, 0.2) is 60.1 Å². The molecular formula is C21H18ClN5O2S. The van der Waals surface area contributed by atoms with Crippen LogP contribution in [0.4, 0.5) is 15.6 Å². The van der Waals surface area contributed by atoms with Gasteiger partial charge in [0.2, 0.25) is 0 Å². The molecule has 0 aliphatic carbocycles. The number of carbonyl (C=O) groups is 2. The highest BCUT2D eigenvalue weighted by molar-refractivity contribution is 7.14. The maximum Gasteiger partial charge on any atom is 0.325 e. The SMILES string of the molecule is O=C(Nc1cccc(Cl)c1)Nc1nc(C(=O)NCCc2c[nH]c3ccccc23)cs1. The van der Waals surface area contributed by atoms with Crippen molar-refractivity contribution >= 4 is 56.6 Å². The van der Waals surface area contributed by atoms with Crippen molar-refractivity contribution in [1.29, 1.82) is 0 Å². The zero-order valence-electron chi connectivity index (χ0n) is 15.7. The van der Waals surface area contributed by atoms with Gasteiger partial charge in [0.25, 0.3) is 5.91 Å². The van der Waals surface area contributed by atoms with Crippen LogP contribution >= 0.6 is 22.9 Å². The summed E-state index contributed by atoms with van der Waals surface area (Å²) in [5.41, 5.74) is 3.04. The van der Waals surface area contributed by atoms with Crippen LogP contribution in [0.2, 0.25) is 5.02 Å². The summed E-state index contributed by atoms with van der Waals surface area (Å²) in [6, 6.07) is 14.4. The normalized spacial score (nSPS) is 10.7. The van der Waals surface area contributed by atoms with Crippen LogP contribution in [0, 0.1) is 0 Å². The van der Waals surface area contributed by atoms with Gasteiger partial charge in [0.15, 0.2) is 5.13 Å². The minimum atomic E-state index is -0.460. The number of fused-ring (bicyclic) bond motifs is 1. The summed E-state index contributed by atoms with van der Waals surface area (Å²) in [4.78, 5) is 31.8. The molecule has 4 rings (SSSR count). The van der Waals surface area contributed by atoms with Gasteiger partial charge in [-0.15, -0.1) is 11.3 Å². The van der Waals surface area contributed by atoms with Crippen molar-refractivity contribution < 1.29 is 9.59 Å². The first kappa shape index (κ1) is 19.9. The van der Waals surface area contributed by atoms with Crippen LogP contribution in [0.1, 0.15) is 16.1 Å². The van der Waals surface area contributed by atoms with E-state index in [-0.39, 0.29) is 11.6 Å². The third kappa shape index (κ3) is 4.79. The number of hydrogen-bond acceptors (Lipinski definition) is 4. The fourth-order valence-electron chi connectivity index (χ4n) is 3.00. The molecule has 3 amide bonds. The zero-order chi connectivity index (χ0) is 20.9. The third-order valence-electron chi connectivity index (χ3n) is 4.39. The number of urea groups is 1. The average molecular weight is 440 g/mol. The predicted octanol–water partition coefficient (Wildman–Crippen LogP) is 4.89. The van der Waals surface area contributed by atoms with E-state index in [1.807, 2.05) is 24.4 Å². The molecule has 2 aromatic heterocycles. The Balaban J connectivity index is 1.28. The lowest BCUT2D eigenvalue weighted by atomic mass is 10.1. The van der Waals surface area contributed by atoms with Gasteiger partial charge < -0.3 is 15.6 Å². The smallest absolute Gasteiger partial charge is 0.325 e. The van der Waals surface area contributed by atoms with Gasteiger partial charge in [-0.2, -0.15) is 0 Å². The van der Waals surface area contributed by atoms with Crippen molar-refractivity contribution in [2.24, 2.45) is 0 Å². The quantitative estimate of drug-likeness (QED) is 0.344. The molecule has 9 heteroatoms. The Morgan fingerprint density at radius 1 is 1.10 bits per heavy atom. The van der Waals surface area contributed by atoms with Crippen molar-refractivity contribution in [2.45, 2.75) is 6.42 Å². The number of nitrogens with one attached hydrogen (secondary N) is 4. The molecule has 0 saturated heterocycles. The second-order valence-electron chi connectivity index (χ2n) is 6.49. The van der Waals surface area contributed by atoms with E-state index in [1.54, 1.807) is 29.6 Å². The number of para-hydroxylation sites is 1. The van der Waals surface area contributed by atoms with E-state index in [9.17, 15) is 9.59 Å². The van der Waals surface area contributed by atoms with Gasteiger partial charge in [0, 0.05) is 39.7 Å². The molecule has 0 saturated carbocycles. The number of rotatable bonds is 6. The number of hydrogen-bond donors (Lipinski definition) is 4. The molecule has 0 aliphatic rings. The van der Waals surface area contributed by atoms with Crippen LogP contribution in [-0.2, 0) is 6.42 Å². The number of thiazole rings is 1. The summed E-state index contributed by atoms with van der Waals surface area (Å²) in [5, 5.41) is 11.7. The highest BCUT2D eigenvalue weighted by atomic mass is 35.5. The van der Waals surface area contributed by atoms with Crippen LogP contribution in [0.3, 0.4) is 0 Å². The largest absolute Gasteiger partial charge is 0.361 e. The molecular weight excluding hydrogens is 422 g/mol. The summed E-state index contributed by atoms with van der Waals surface area (Å²) in [6.45, 7) is 0.482. The molecule has 2 aromatic carbocycles. The molecule has 152 valence electrons. The fraction of sp³-hybridized carbons (Fsp3) is 0.0952. The van der Waals surface area contributed by atoms with Crippen LogP contribution < -0.4 is 16.0 Å². The number of halogens is 1. The topological polar surface area (TPSA) is 98.9 Å². The number of nitrogens with zero attached hydrogens (tertiary/aromatic N) is 1. The molecule has 0 spiro atoms. The van der Waals surface area contributed by atoms with Gasteiger partial charge in [0.05, 0.1) is 0 Å². The first-order valence-corrected chi connectivity index (χ1v) is 10.5. The Morgan fingerprint density at radius 2 is 1.97 bits per heavy atom. The van der Waals surface area contributed by atoms with Crippen LogP contribution in [0.25, 0.3) is 10.9 Å². The summed E-state index contributed by atoms with van der Waals surface area (Å²) >= 11 is 7.08. The van der Waals surface area contributed by atoms with Crippen LogP contribution in [-0.4, -0.2) is 28.5 Å². The molecule has 4 aromatic rings. The van der Waals surface area contributed by atoms with E-state index in [2.05, 4.69) is 32.0 Å². The zero-order valence-corrected chi connectivity index (χ0v) is 17.3. The molecule has 0 bridgehead atoms. The molecule has 0 radical (unpaired) electrons. The molecule has 30 heavy (non-hydrogen) atoms. The molecule has 0 atom stereocenters. The summed E-state index contributed by atoms with van der Waals surface area (Å²) < 4.78 is 0. The van der Waals surface area contributed by atoms with Gasteiger partial charge in [-0.05, 0) is 36.2 Å². The minimum absolute atomic E-state index is 0.261. The maximum atomic E-state index is 12.3. The standard InChI is InChI=1S/C21H18ClN5O2S/c22-14-4-3-5-15(10-14)25-20(29)27-21-26-18(12-30-21)19(28)23-9-8-13-11-24-17-7-2-1-6-16(13)17/h1-7,10-12,24H,8-9H2,(H,23,28)(H2,25,26,27,29). The number of amides is 3. The molecule has 7 nitrogen and oxygen atoms in total. The second-order valence-corrected chi connectivity index (χ2v) is 7.79. The van der Waals surface area contributed by atoms with E-state index >= 15 is 0 Å². The average Bonchev–Trinajstić information content (AvgIpc) is 3.35. The lowest BCUT2D eigenvalue weighted by Gasteiger charge is -2.05. The molecule has 2 heterocycles. The van der Waals surface area contributed by atoms with Crippen molar-refractivity contribution in [1.82, 2.24) is 15.3 Å². The van der Waals surface area contributed by atoms with Crippen molar-refractivity contribution in [3.8, 4) is 0 Å². The summed E-state index contributed by atoms with van der Waals surface area (Å²) in [7, 11) is 0. The lowest BCUT2D eigenvalue weighted by Crippen LogP contribution is -2.26. The van der Waals surface area contributed by atoms with Crippen molar-refractivity contribution in [2.75, 3.05) is 17.2 Å². The van der Waals surface area contributed by atoms with Gasteiger partial charge >= 0.3 is 6.03 Å². The Bertz CT molecular complexity index is 1200. The molecule has 0 unspecified atom stereocenters. The third-order valence-corrected chi connectivity index (χ3v) is 5.39. The predicted molar refractivity (Wildman–Crippen MR) is 121 cm³/mol. The van der Waals surface area contributed by atoms with Gasteiger partial charge in [0.1, 0.15) is 5.69 Å². The summed E-state index contributed by atoms with van der Waals surface area (Å²) in [6.07, 6.45) is 2.66. The van der Waals surface area contributed by atoms with E-state index in [0.717, 1.165) is 16.5 Å². The lowest BCUT2D eigenvalue weighted by molar-refractivity contribution is 0.0950. The Kier molecular flexibility index (Phi) is 5.97. The summed E-state index contributed by atoms with van der Waals surface area (Å²) in [5.74, 6) is -0.283.